The van der Waals surface area contributed by atoms with E-state index in [2.05, 4.69) is 0 Å². The quantitative estimate of drug-likeness (QED) is 0.444. The minimum absolute atomic E-state index is 0.243. The van der Waals surface area contributed by atoms with Crippen LogP contribution in [0, 0.1) is 0 Å². The van der Waals surface area contributed by atoms with Gasteiger partial charge in [0.1, 0.15) is 5.57 Å². The molecule has 0 unspecified atom stereocenters. The molecular formula is C11H12N2O2S3. The number of hydrogen-bond donors (Lipinski definition) is 0. The highest BCUT2D eigenvalue weighted by Crippen LogP contribution is 2.41. The van der Waals surface area contributed by atoms with Crippen molar-refractivity contribution >= 4 is 52.7 Å². The van der Waals surface area contributed by atoms with E-state index in [1.54, 1.807) is 0 Å². The molecule has 1 saturated heterocycles. The Morgan fingerprint density at radius 3 is 1.89 bits per heavy atom. The van der Waals surface area contributed by atoms with Crippen LogP contribution in [-0.2, 0) is 9.59 Å². The Bertz CT molecular complexity index is 447. The molecule has 4 nitrogen and oxygen atoms in total. The monoisotopic (exact) mass is 300 g/mol. The van der Waals surface area contributed by atoms with Crippen LogP contribution in [0.2, 0.25) is 0 Å². The lowest BCUT2D eigenvalue weighted by molar-refractivity contribution is -0.133. The summed E-state index contributed by atoms with van der Waals surface area (Å²) in [5, 5.41) is 4.04. The Kier molecular flexibility index (Phi) is 4.14. The molecule has 96 valence electrons. The van der Waals surface area contributed by atoms with Crippen LogP contribution in [0.25, 0.3) is 0 Å². The molecule has 0 N–H and O–H groups in total. The molecular weight excluding hydrogens is 288 g/mol. The van der Waals surface area contributed by atoms with E-state index >= 15 is 0 Å². The first-order valence-electron chi connectivity index (χ1n) is 5.52. The van der Waals surface area contributed by atoms with Gasteiger partial charge in [-0.25, -0.2) is 0 Å². The van der Waals surface area contributed by atoms with Crippen molar-refractivity contribution in [2.24, 2.45) is 0 Å². The lowest BCUT2D eigenvalue weighted by atomic mass is 10.2. The van der Waals surface area contributed by atoms with Crippen molar-refractivity contribution in [2.45, 2.75) is 13.8 Å². The predicted molar refractivity (Wildman–Crippen MR) is 78.7 cm³/mol. The summed E-state index contributed by atoms with van der Waals surface area (Å²) in [7, 11) is 0. The van der Waals surface area contributed by atoms with Crippen molar-refractivity contribution < 1.29 is 9.59 Å². The Morgan fingerprint density at radius 2 is 1.50 bits per heavy atom. The molecule has 0 radical (unpaired) electrons. The molecule has 0 aromatic rings. The predicted octanol–water partition coefficient (Wildman–Crippen LogP) is 2.14. The number of likely N-dealkylation sites (N-methyl/N-ethyl adjacent to an activating group) is 2. The van der Waals surface area contributed by atoms with E-state index < -0.39 is 0 Å². The summed E-state index contributed by atoms with van der Waals surface area (Å²) in [5.74, 6) is -0.563. The number of carbonyl (C=O) groups excluding carboxylic acids is 2. The fraction of sp³-hybridized carbons (Fsp3) is 0.364. The highest BCUT2D eigenvalue weighted by atomic mass is 32.2. The third kappa shape index (κ3) is 2.10. The maximum Gasteiger partial charge on any atom is 0.267 e. The molecule has 2 amide bonds. The van der Waals surface area contributed by atoms with Crippen molar-refractivity contribution in [2.75, 3.05) is 13.1 Å². The zero-order valence-electron chi connectivity index (χ0n) is 10.0. The van der Waals surface area contributed by atoms with E-state index in [9.17, 15) is 9.59 Å². The number of rotatable bonds is 2. The van der Waals surface area contributed by atoms with Gasteiger partial charge in [0.05, 0.1) is 4.24 Å². The van der Waals surface area contributed by atoms with Gasteiger partial charge in [-0.3, -0.25) is 19.4 Å². The Morgan fingerprint density at radius 1 is 1.06 bits per heavy atom. The van der Waals surface area contributed by atoms with Crippen molar-refractivity contribution in [3.05, 3.63) is 20.6 Å². The van der Waals surface area contributed by atoms with Gasteiger partial charge in [-0.1, -0.05) is 23.5 Å². The molecule has 18 heavy (non-hydrogen) atoms. The van der Waals surface area contributed by atoms with Crippen LogP contribution < -0.4 is 0 Å². The molecule has 2 heterocycles. The Labute approximate surface area is 119 Å². The van der Waals surface area contributed by atoms with Crippen LogP contribution in [0.3, 0.4) is 0 Å². The first-order valence-corrected chi connectivity index (χ1v) is 7.68. The maximum atomic E-state index is 12.3. The SMILES string of the molecule is CCN1C(=O)C(=C2SC=CS2)C(=O)N(CC)C1=S. The summed E-state index contributed by atoms with van der Waals surface area (Å²) >= 11 is 8.00. The first-order chi connectivity index (χ1) is 8.61. The third-order valence-electron chi connectivity index (χ3n) is 2.62. The number of thiocarbonyl (C=S) groups is 1. The van der Waals surface area contributed by atoms with Crippen molar-refractivity contribution in [1.82, 2.24) is 9.80 Å². The topological polar surface area (TPSA) is 40.6 Å². The summed E-state index contributed by atoms with van der Waals surface area (Å²) in [4.78, 5) is 27.6. The van der Waals surface area contributed by atoms with Gasteiger partial charge in [0, 0.05) is 13.1 Å². The number of nitrogens with zero attached hydrogens (tertiary/aromatic N) is 2. The molecule has 2 aliphatic heterocycles. The second-order valence-corrected chi connectivity index (χ2v) is 6.01. The second kappa shape index (κ2) is 5.46. The van der Waals surface area contributed by atoms with Crippen LogP contribution in [0.4, 0.5) is 0 Å². The van der Waals surface area contributed by atoms with E-state index in [1.165, 1.54) is 33.3 Å². The molecule has 0 spiro atoms. The van der Waals surface area contributed by atoms with E-state index in [0.29, 0.717) is 18.2 Å². The minimum Gasteiger partial charge on any atom is -0.285 e. The van der Waals surface area contributed by atoms with Crippen LogP contribution in [0.1, 0.15) is 13.8 Å². The smallest absolute Gasteiger partial charge is 0.267 e. The zero-order chi connectivity index (χ0) is 13.3. The largest absolute Gasteiger partial charge is 0.285 e. The van der Waals surface area contributed by atoms with Crippen molar-refractivity contribution in [1.29, 1.82) is 0 Å². The molecule has 0 aliphatic carbocycles. The first kappa shape index (κ1) is 13.6. The molecule has 0 bridgehead atoms. The standard InChI is InChI=1S/C11H12N2O2S3/c1-3-12-8(14)7(10-17-5-6-18-10)9(15)13(4-2)11(12)16/h5-6H,3-4H2,1-2H3. The van der Waals surface area contributed by atoms with Gasteiger partial charge < -0.3 is 0 Å². The summed E-state index contributed by atoms with van der Waals surface area (Å²) in [6.45, 7) is 4.65. The number of thioether (sulfide) groups is 2. The number of carbonyl (C=O) groups is 2. The maximum absolute atomic E-state index is 12.3. The number of amides is 2. The highest BCUT2D eigenvalue weighted by molar-refractivity contribution is 8.27. The highest BCUT2D eigenvalue weighted by Gasteiger charge is 2.40. The van der Waals surface area contributed by atoms with Crippen LogP contribution in [0.15, 0.2) is 20.6 Å². The van der Waals surface area contributed by atoms with Gasteiger partial charge in [-0.05, 0) is 36.9 Å². The van der Waals surface area contributed by atoms with Crippen LogP contribution in [0.5, 0.6) is 0 Å². The summed E-state index contributed by atoms with van der Waals surface area (Å²) < 4.78 is 0.740. The normalized spacial score (nSPS) is 20.4. The summed E-state index contributed by atoms with van der Waals surface area (Å²) in [6.07, 6.45) is 0. The van der Waals surface area contributed by atoms with E-state index in [4.69, 9.17) is 12.2 Å². The summed E-state index contributed by atoms with van der Waals surface area (Å²) in [6, 6.07) is 0. The molecule has 0 atom stereocenters. The third-order valence-corrected chi connectivity index (χ3v) is 5.19. The van der Waals surface area contributed by atoms with E-state index in [1.807, 2.05) is 24.7 Å². The van der Waals surface area contributed by atoms with Crippen molar-refractivity contribution in [3.8, 4) is 0 Å². The molecule has 2 rings (SSSR count). The fourth-order valence-electron chi connectivity index (χ4n) is 1.74. The van der Waals surface area contributed by atoms with E-state index in [-0.39, 0.29) is 17.4 Å². The Balaban J connectivity index is 2.46. The average Bonchev–Trinajstić information content (AvgIpc) is 2.83. The molecule has 2 aliphatic rings. The Hall–Kier alpha value is -0.790. The van der Waals surface area contributed by atoms with Gasteiger partial charge >= 0.3 is 0 Å². The molecule has 0 aromatic carbocycles. The van der Waals surface area contributed by atoms with Crippen LogP contribution in [-0.4, -0.2) is 39.8 Å². The van der Waals surface area contributed by atoms with E-state index in [0.717, 1.165) is 4.24 Å². The van der Waals surface area contributed by atoms with Crippen LogP contribution >= 0.6 is 35.7 Å². The minimum atomic E-state index is -0.282. The number of hydrogen-bond acceptors (Lipinski definition) is 5. The van der Waals surface area contributed by atoms with Crippen molar-refractivity contribution in [3.63, 3.8) is 0 Å². The molecule has 7 heteroatoms. The lowest BCUT2D eigenvalue weighted by Gasteiger charge is -2.35. The van der Waals surface area contributed by atoms with Gasteiger partial charge in [-0.15, -0.1) is 0 Å². The molecule has 0 aromatic heterocycles. The lowest BCUT2D eigenvalue weighted by Crippen LogP contribution is -2.56. The van der Waals surface area contributed by atoms with Gasteiger partial charge in [-0.2, -0.15) is 0 Å². The second-order valence-electron chi connectivity index (χ2n) is 3.55. The van der Waals surface area contributed by atoms with Gasteiger partial charge in [0.2, 0.25) is 0 Å². The van der Waals surface area contributed by atoms with Gasteiger partial charge in [0.15, 0.2) is 5.11 Å². The average molecular weight is 300 g/mol. The zero-order valence-corrected chi connectivity index (χ0v) is 12.5. The molecule has 0 saturated carbocycles. The van der Waals surface area contributed by atoms with Gasteiger partial charge in [0.25, 0.3) is 11.8 Å². The molecule has 1 fully saturated rings. The summed E-state index contributed by atoms with van der Waals surface area (Å²) in [5.41, 5.74) is 0.243. The fourth-order valence-corrected chi connectivity index (χ4v) is 3.99.